The molecule has 2 heterocycles. The van der Waals surface area contributed by atoms with E-state index in [1.807, 2.05) is 35.8 Å². The van der Waals surface area contributed by atoms with Gasteiger partial charge < -0.3 is 4.74 Å². The molecule has 0 saturated carbocycles. The van der Waals surface area contributed by atoms with Crippen LogP contribution in [0.25, 0.3) is 0 Å². The monoisotopic (exact) mass is 386 g/mol. The van der Waals surface area contributed by atoms with E-state index in [1.165, 1.54) is 28.8 Å². The zero-order valence-electron chi connectivity index (χ0n) is 14.7. The van der Waals surface area contributed by atoms with Crippen LogP contribution in [0, 0.1) is 17.0 Å². The summed E-state index contributed by atoms with van der Waals surface area (Å²) in [5.41, 5.74) is 0.998. The van der Waals surface area contributed by atoms with E-state index in [0.29, 0.717) is 23.4 Å². The van der Waals surface area contributed by atoms with E-state index < -0.39 is 4.92 Å². The van der Waals surface area contributed by atoms with Crippen molar-refractivity contribution < 1.29 is 9.66 Å². The number of aromatic nitrogens is 5. The zero-order valence-corrected chi connectivity index (χ0v) is 15.5. The van der Waals surface area contributed by atoms with Crippen molar-refractivity contribution in [3.05, 3.63) is 70.8 Å². The summed E-state index contributed by atoms with van der Waals surface area (Å²) in [6, 6.07) is 7.76. The van der Waals surface area contributed by atoms with Crippen molar-refractivity contribution in [2.24, 2.45) is 0 Å². The Hall–Kier alpha value is -3.14. The number of ether oxygens (including phenoxy) is 1. The number of allylic oxidation sites excluding steroid dienone is 1. The predicted molar refractivity (Wildman–Crippen MR) is 100 cm³/mol. The van der Waals surface area contributed by atoms with E-state index in [4.69, 9.17) is 4.74 Å². The lowest BCUT2D eigenvalue weighted by atomic mass is 10.2. The van der Waals surface area contributed by atoms with E-state index in [9.17, 15) is 10.1 Å². The van der Waals surface area contributed by atoms with E-state index in [1.54, 1.807) is 6.08 Å². The van der Waals surface area contributed by atoms with Gasteiger partial charge in [0.25, 0.3) is 0 Å². The Morgan fingerprint density at radius 1 is 1.37 bits per heavy atom. The molecule has 3 rings (SSSR count). The number of nitrogens with zero attached hydrogens (tertiary/aromatic N) is 6. The van der Waals surface area contributed by atoms with Crippen LogP contribution in [0.4, 0.5) is 5.69 Å². The molecule has 0 aliphatic heterocycles. The molecule has 0 aliphatic rings. The molecule has 1 aromatic carbocycles. The molecule has 0 saturated heterocycles. The average molecular weight is 386 g/mol. The smallest absolute Gasteiger partial charge is 0.307 e. The molecule has 0 atom stereocenters. The van der Waals surface area contributed by atoms with Gasteiger partial charge in [-0.25, -0.2) is 0 Å². The molecule has 0 fully saturated rings. The first-order chi connectivity index (χ1) is 13.1. The molecule has 0 radical (unpaired) electrons. The third kappa shape index (κ3) is 4.53. The largest absolute Gasteiger partial charge is 0.485 e. The Morgan fingerprint density at radius 2 is 2.19 bits per heavy atom. The third-order valence-corrected chi connectivity index (χ3v) is 4.67. The van der Waals surface area contributed by atoms with Crippen LogP contribution in [-0.4, -0.2) is 29.5 Å². The van der Waals surface area contributed by atoms with Gasteiger partial charge >= 0.3 is 5.69 Å². The second-order valence-electron chi connectivity index (χ2n) is 5.62. The molecule has 0 bridgehead atoms. The highest BCUT2D eigenvalue weighted by atomic mass is 32.2. The molecule has 140 valence electrons. The first kappa shape index (κ1) is 18.6. The SMILES string of the molecule is C=CCn1c(COc2ccccc2C)nnc1SCn1cc([N+](=O)[O-])cn1. The maximum Gasteiger partial charge on any atom is 0.307 e. The number of hydrogen-bond donors (Lipinski definition) is 0. The number of aryl methyl sites for hydroxylation is 1. The minimum atomic E-state index is -0.477. The molecule has 0 amide bonds. The molecule has 3 aromatic rings. The lowest BCUT2D eigenvalue weighted by Gasteiger charge is -2.10. The molecule has 2 aromatic heterocycles. The first-order valence-electron chi connectivity index (χ1n) is 8.09. The third-order valence-electron chi connectivity index (χ3n) is 3.71. The number of nitro groups is 1. The van der Waals surface area contributed by atoms with Gasteiger partial charge in [-0.2, -0.15) is 5.10 Å². The maximum atomic E-state index is 10.7. The van der Waals surface area contributed by atoms with Crippen molar-refractivity contribution >= 4 is 17.4 Å². The van der Waals surface area contributed by atoms with Crippen LogP contribution in [-0.2, 0) is 19.0 Å². The van der Waals surface area contributed by atoms with Crippen molar-refractivity contribution in [3.8, 4) is 5.75 Å². The van der Waals surface area contributed by atoms with Crippen molar-refractivity contribution in [2.75, 3.05) is 0 Å². The highest BCUT2D eigenvalue weighted by Crippen LogP contribution is 2.22. The highest BCUT2D eigenvalue weighted by molar-refractivity contribution is 7.98. The minimum Gasteiger partial charge on any atom is -0.485 e. The van der Waals surface area contributed by atoms with Gasteiger partial charge in [0.1, 0.15) is 24.8 Å². The van der Waals surface area contributed by atoms with Crippen molar-refractivity contribution in [1.29, 1.82) is 0 Å². The standard InChI is InChI=1S/C17H18N6O3S/c1-3-8-22-16(11-26-15-7-5-4-6-13(15)2)19-20-17(22)27-12-21-10-14(9-18-21)23(24)25/h3-7,9-10H,1,8,11-12H2,2H3. The number of para-hydroxylation sites is 1. The fraction of sp³-hybridized carbons (Fsp3) is 0.235. The molecule has 0 spiro atoms. The molecular weight excluding hydrogens is 368 g/mol. The van der Waals surface area contributed by atoms with E-state index >= 15 is 0 Å². The number of hydrogen-bond acceptors (Lipinski definition) is 7. The van der Waals surface area contributed by atoms with E-state index in [0.717, 1.165) is 11.3 Å². The second kappa shape index (κ2) is 8.49. The van der Waals surface area contributed by atoms with Gasteiger partial charge in [0.05, 0.1) is 10.8 Å². The summed E-state index contributed by atoms with van der Waals surface area (Å²) >= 11 is 1.37. The summed E-state index contributed by atoms with van der Waals surface area (Å²) in [6.45, 7) is 6.56. The van der Waals surface area contributed by atoms with Gasteiger partial charge in [0.2, 0.25) is 0 Å². The van der Waals surface area contributed by atoms with Gasteiger partial charge in [-0.3, -0.25) is 19.4 Å². The van der Waals surface area contributed by atoms with Gasteiger partial charge in [-0.15, -0.1) is 16.8 Å². The fourth-order valence-corrected chi connectivity index (χ4v) is 3.17. The van der Waals surface area contributed by atoms with Crippen LogP contribution in [0.3, 0.4) is 0 Å². The number of rotatable bonds is 9. The average Bonchev–Trinajstić information content (AvgIpc) is 3.27. The number of benzene rings is 1. The van der Waals surface area contributed by atoms with Crippen LogP contribution >= 0.6 is 11.8 Å². The van der Waals surface area contributed by atoms with Crippen LogP contribution in [0.5, 0.6) is 5.75 Å². The quantitative estimate of drug-likeness (QED) is 0.241. The van der Waals surface area contributed by atoms with Crippen LogP contribution in [0.15, 0.2) is 54.5 Å². The summed E-state index contributed by atoms with van der Waals surface area (Å²) in [5.74, 6) is 1.85. The van der Waals surface area contributed by atoms with Crippen molar-refractivity contribution in [3.63, 3.8) is 0 Å². The van der Waals surface area contributed by atoms with Gasteiger partial charge in [-0.05, 0) is 18.6 Å². The zero-order chi connectivity index (χ0) is 19.2. The summed E-state index contributed by atoms with van der Waals surface area (Å²) in [4.78, 5) is 10.3. The molecule has 10 heteroatoms. The van der Waals surface area contributed by atoms with Crippen molar-refractivity contribution in [2.45, 2.75) is 31.1 Å². The van der Waals surface area contributed by atoms with Crippen LogP contribution < -0.4 is 4.74 Å². The Kier molecular flexibility index (Phi) is 5.87. The van der Waals surface area contributed by atoms with Crippen molar-refractivity contribution in [1.82, 2.24) is 24.5 Å². The molecule has 0 aliphatic carbocycles. The van der Waals surface area contributed by atoms with Gasteiger partial charge in [-0.1, -0.05) is 36.0 Å². The Balaban J connectivity index is 1.69. The second-order valence-corrected chi connectivity index (χ2v) is 6.53. The topological polar surface area (TPSA) is 101 Å². The fourth-order valence-electron chi connectivity index (χ4n) is 2.35. The first-order valence-corrected chi connectivity index (χ1v) is 9.08. The lowest BCUT2D eigenvalue weighted by molar-refractivity contribution is -0.385. The van der Waals surface area contributed by atoms with Crippen LogP contribution in [0.2, 0.25) is 0 Å². The van der Waals surface area contributed by atoms with E-state index in [2.05, 4.69) is 21.9 Å². The lowest BCUT2D eigenvalue weighted by Crippen LogP contribution is -2.08. The predicted octanol–water partition coefficient (Wildman–Crippen LogP) is 3.21. The Labute approximate surface area is 159 Å². The minimum absolute atomic E-state index is 0.0459. The molecular formula is C17H18N6O3S. The Morgan fingerprint density at radius 3 is 2.89 bits per heavy atom. The van der Waals surface area contributed by atoms with E-state index in [-0.39, 0.29) is 12.3 Å². The highest BCUT2D eigenvalue weighted by Gasteiger charge is 2.14. The summed E-state index contributed by atoms with van der Waals surface area (Å²) in [7, 11) is 0. The maximum absolute atomic E-state index is 10.7. The molecule has 0 N–H and O–H groups in total. The summed E-state index contributed by atoms with van der Waals surface area (Å²) < 4.78 is 9.24. The summed E-state index contributed by atoms with van der Waals surface area (Å²) in [5, 5.41) is 23.8. The van der Waals surface area contributed by atoms with Gasteiger partial charge in [0.15, 0.2) is 11.0 Å². The number of thioether (sulfide) groups is 1. The molecule has 0 unspecified atom stereocenters. The normalized spacial score (nSPS) is 10.7. The van der Waals surface area contributed by atoms with Gasteiger partial charge in [0, 0.05) is 6.54 Å². The van der Waals surface area contributed by atoms with Crippen LogP contribution in [0.1, 0.15) is 11.4 Å². The summed E-state index contributed by atoms with van der Waals surface area (Å²) in [6.07, 6.45) is 4.35. The molecule has 9 nitrogen and oxygen atoms in total. The molecule has 27 heavy (non-hydrogen) atoms. The Bertz CT molecular complexity index is 952.